The molecule has 1 aliphatic carbocycles. The van der Waals surface area contributed by atoms with Crippen LogP contribution < -0.4 is 0 Å². The van der Waals surface area contributed by atoms with E-state index in [1.54, 1.807) is 20.8 Å². The number of esters is 1. The summed E-state index contributed by atoms with van der Waals surface area (Å²) in [4.78, 5) is 26.0. The molecule has 1 amide bonds. The van der Waals surface area contributed by atoms with Crippen LogP contribution in [-0.2, 0) is 14.3 Å². The van der Waals surface area contributed by atoms with Crippen LogP contribution in [0.3, 0.4) is 0 Å². The zero-order chi connectivity index (χ0) is 17.7. The zero-order valence-corrected chi connectivity index (χ0v) is 14.5. The fourth-order valence-corrected chi connectivity index (χ4v) is 3.63. The third kappa shape index (κ3) is 2.99. The lowest BCUT2D eigenvalue weighted by Crippen LogP contribution is -2.55. The molecule has 132 valence electrons. The minimum atomic E-state index is -2.89. The topological polar surface area (TPSA) is 55.8 Å². The molecule has 2 fully saturated rings. The summed E-state index contributed by atoms with van der Waals surface area (Å²) in [6.45, 7) is 4.78. The summed E-state index contributed by atoms with van der Waals surface area (Å²) in [5, 5.41) is 0. The van der Waals surface area contributed by atoms with E-state index >= 15 is 0 Å². The molecule has 2 atom stereocenters. The van der Waals surface area contributed by atoms with Gasteiger partial charge in [-0.25, -0.2) is 18.4 Å². The number of halogens is 3. The molecule has 2 aliphatic rings. The van der Waals surface area contributed by atoms with Crippen molar-refractivity contribution in [2.45, 2.75) is 57.1 Å². The van der Waals surface area contributed by atoms with E-state index in [1.165, 1.54) is 7.11 Å². The van der Waals surface area contributed by atoms with Crippen molar-refractivity contribution in [1.29, 1.82) is 0 Å². The van der Waals surface area contributed by atoms with Crippen LogP contribution >= 0.6 is 11.6 Å². The summed E-state index contributed by atoms with van der Waals surface area (Å²) >= 11 is 5.79. The average molecular weight is 354 g/mol. The lowest BCUT2D eigenvalue weighted by Gasteiger charge is -2.36. The number of hydrogen-bond donors (Lipinski definition) is 0. The van der Waals surface area contributed by atoms with E-state index < -0.39 is 34.5 Å². The first-order valence-corrected chi connectivity index (χ1v) is 7.99. The molecule has 1 saturated carbocycles. The molecule has 1 saturated heterocycles. The van der Waals surface area contributed by atoms with Gasteiger partial charge in [-0.1, -0.05) is 0 Å². The molecule has 1 heterocycles. The van der Waals surface area contributed by atoms with E-state index in [9.17, 15) is 18.4 Å². The highest BCUT2D eigenvalue weighted by Crippen LogP contribution is 2.68. The maximum atomic E-state index is 13.9. The van der Waals surface area contributed by atoms with Crippen LogP contribution in [0.15, 0.2) is 0 Å². The van der Waals surface area contributed by atoms with Crippen molar-refractivity contribution in [1.82, 2.24) is 4.90 Å². The van der Waals surface area contributed by atoms with Gasteiger partial charge < -0.3 is 9.47 Å². The Kier molecular flexibility index (Phi) is 4.33. The zero-order valence-electron chi connectivity index (χ0n) is 13.7. The Morgan fingerprint density at radius 1 is 1.26 bits per heavy atom. The Bertz CT molecular complexity index is 522. The molecule has 1 spiro atoms. The number of likely N-dealkylation sites (tertiary alicyclic amines) is 1. The lowest BCUT2D eigenvalue weighted by molar-refractivity contribution is -0.153. The van der Waals surface area contributed by atoms with E-state index in [-0.39, 0.29) is 31.7 Å². The number of methoxy groups -OCH3 is 1. The first kappa shape index (κ1) is 18.2. The molecule has 0 aromatic carbocycles. The molecule has 0 bridgehead atoms. The van der Waals surface area contributed by atoms with Gasteiger partial charge in [-0.05, 0) is 33.6 Å². The molecule has 2 rings (SSSR count). The van der Waals surface area contributed by atoms with Crippen molar-refractivity contribution < 1.29 is 27.8 Å². The van der Waals surface area contributed by atoms with Gasteiger partial charge in [-0.15, -0.1) is 11.6 Å². The predicted molar refractivity (Wildman–Crippen MR) is 79.6 cm³/mol. The van der Waals surface area contributed by atoms with Crippen LogP contribution in [0, 0.1) is 5.41 Å². The maximum absolute atomic E-state index is 13.9. The van der Waals surface area contributed by atoms with Crippen LogP contribution in [0.1, 0.15) is 40.0 Å². The van der Waals surface area contributed by atoms with E-state index in [0.29, 0.717) is 0 Å². The molecule has 5 nitrogen and oxygen atoms in total. The van der Waals surface area contributed by atoms with Crippen molar-refractivity contribution in [2.24, 2.45) is 5.41 Å². The summed E-state index contributed by atoms with van der Waals surface area (Å²) in [5.74, 6) is -3.59. The van der Waals surface area contributed by atoms with Crippen molar-refractivity contribution in [3.8, 4) is 0 Å². The minimum absolute atomic E-state index is 0.0377. The summed E-state index contributed by atoms with van der Waals surface area (Å²) in [6.07, 6.45) is -1.27. The van der Waals surface area contributed by atoms with Gasteiger partial charge in [0, 0.05) is 18.8 Å². The first-order valence-electron chi connectivity index (χ1n) is 7.46. The molecule has 0 N–H and O–H groups in total. The van der Waals surface area contributed by atoms with E-state index in [0.717, 1.165) is 4.90 Å². The largest absolute Gasteiger partial charge is 0.467 e. The molecule has 8 heteroatoms. The third-order valence-electron chi connectivity index (χ3n) is 4.51. The number of ether oxygens (including phenoxy) is 2. The standard InChI is InChI=1S/C15H22ClF2NO4/c1-12(2,3)23-11(21)19-9-13(8-15(13,17)18)7-14(19,5-6-16)10(20)22-4/h5-9H2,1-4H3/t13-,14?/m0/s1. The monoisotopic (exact) mass is 353 g/mol. The summed E-state index contributed by atoms with van der Waals surface area (Å²) in [5.41, 5.74) is -3.69. The van der Waals surface area contributed by atoms with Crippen LogP contribution in [-0.4, -0.2) is 53.6 Å². The van der Waals surface area contributed by atoms with Gasteiger partial charge in [0.2, 0.25) is 0 Å². The summed E-state index contributed by atoms with van der Waals surface area (Å²) in [6, 6.07) is 0. The number of rotatable bonds is 3. The Labute approximate surface area is 139 Å². The Balaban J connectivity index is 2.38. The van der Waals surface area contributed by atoms with E-state index in [4.69, 9.17) is 21.1 Å². The van der Waals surface area contributed by atoms with Crippen molar-refractivity contribution in [3.05, 3.63) is 0 Å². The summed E-state index contributed by atoms with van der Waals surface area (Å²) < 4.78 is 37.8. The second-order valence-corrected chi connectivity index (χ2v) is 7.74. The van der Waals surface area contributed by atoms with Crippen LogP contribution in [0.25, 0.3) is 0 Å². The molecule has 0 aromatic heterocycles. The Morgan fingerprint density at radius 2 is 1.83 bits per heavy atom. The summed E-state index contributed by atoms with van der Waals surface area (Å²) in [7, 11) is 1.17. The van der Waals surface area contributed by atoms with E-state index in [2.05, 4.69) is 0 Å². The second kappa shape index (κ2) is 5.46. The highest BCUT2D eigenvalue weighted by molar-refractivity contribution is 6.18. The third-order valence-corrected chi connectivity index (χ3v) is 4.70. The van der Waals surface area contributed by atoms with Gasteiger partial charge in [0.05, 0.1) is 12.5 Å². The molecule has 0 aromatic rings. The first-order chi connectivity index (χ1) is 10.4. The van der Waals surface area contributed by atoms with Crippen molar-refractivity contribution >= 4 is 23.7 Å². The van der Waals surface area contributed by atoms with Crippen molar-refractivity contribution in [3.63, 3.8) is 0 Å². The van der Waals surface area contributed by atoms with Gasteiger partial charge >= 0.3 is 12.1 Å². The highest BCUT2D eigenvalue weighted by Gasteiger charge is 2.79. The molecule has 0 radical (unpaired) electrons. The maximum Gasteiger partial charge on any atom is 0.411 e. The molecular formula is C15H22ClF2NO4. The van der Waals surface area contributed by atoms with Crippen LogP contribution in [0.5, 0.6) is 0 Å². The fourth-order valence-electron chi connectivity index (χ4n) is 3.32. The second-order valence-electron chi connectivity index (χ2n) is 7.37. The lowest BCUT2D eigenvalue weighted by atomic mass is 9.87. The van der Waals surface area contributed by atoms with Gasteiger partial charge in [0.1, 0.15) is 11.1 Å². The average Bonchev–Trinajstić information content (AvgIpc) is 2.76. The molecule has 1 unspecified atom stereocenters. The number of hydrogen-bond acceptors (Lipinski definition) is 4. The van der Waals surface area contributed by atoms with Gasteiger partial charge in [-0.3, -0.25) is 4.90 Å². The fraction of sp³-hybridized carbons (Fsp3) is 0.867. The molecular weight excluding hydrogens is 332 g/mol. The van der Waals surface area contributed by atoms with Gasteiger partial charge in [0.15, 0.2) is 0 Å². The van der Waals surface area contributed by atoms with E-state index in [1.807, 2.05) is 0 Å². The normalized spacial score (nSPS) is 32.0. The number of carbonyl (C=O) groups excluding carboxylic acids is 2. The number of amides is 1. The van der Waals surface area contributed by atoms with Crippen LogP contribution in [0.2, 0.25) is 0 Å². The van der Waals surface area contributed by atoms with Gasteiger partial charge in [-0.2, -0.15) is 0 Å². The van der Waals surface area contributed by atoms with Crippen LogP contribution in [0.4, 0.5) is 13.6 Å². The quantitative estimate of drug-likeness (QED) is 0.577. The Hall–Kier alpha value is -1.11. The highest BCUT2D eigenvalue weighted by atomic mass is 35.5. The SMILES string of the molecule is COC(=O)C1(CCCl)C[C@@]2(CN1C(=O)OC(C)(C)C)CC2(F)F. The smallest absolute Gasteiger partial charge is 0.411 e. The minimum Gasteiger partial charge on any atom is -0.467 e. The number of alkyl halides is 3. The van der Waals surface area contributed by atoms with Gasteiger partial charge in [0.25, 0.3) is 5.92 Å². The molecule has 23 heavy (non-hydrogen) atoms. The predicted octanol–water partition coefficient (Wildman–Crippen LogP) is 3.19. The number of carbonyl (C=O) groups is 2. The molecule has 1 aliphatic heterocycles. The van der Waals surface area contributed by atoms with Crippen molar-refractivity contribution in [2.75, 3.05) is 19.5 Å². The number of nitrogens with zero attached hydrogens (tertiary/aromatic N) is 1. The Morgan fingerprint density at radius 3 is 2.22 bits per heavy atom.